The summed E-state index contributed by atoms with van der Waals surface area (Å²) in [5, 5.41) is 6.25. The van der Waals surface area contributed by atoms with Crippen molar-refractivity contribution in [1.82, 2.24) is 24.8 Å². The van der Waals surface area contributed by atoms with Gasteiger partial charge in [0.05, 0.1) is 12.9 Å². The van der Waals surface area contributed by atoms with Crippen LogP contribution in [0.5, 0.6) is 0 Å². The Morgan fingerprint density at radius 3 is 2.79 bits per heavy atom. The van der Waals surface area contributed by atoms with Gasteiger partial charge in [-0.15, -0.1) is 0 Å². The summed E-state index contributed by atoms with van der Waals surface area (Å²) in [5.41, 5.74) is 8.11. The van der Waals surface area contributed by atoms with Gasteiger partial charge in [0.2, 0.25) is 5.95 Å². The molecule has 0 atom stereocenters. The Morgan fingerprint density at radius 2 is 2.04 bits per heavy atom. The molecule has 148 valence electrons. The molecule has 3 rings (SSSR count). The number of anilines is 2. The first-order chi connectivity index (χ1) is 13.6. The smallest absolute Gasteiger partial charge is 0.407 e. The molecule has 1 amide bonds. The zero-order chi connectivity index (χ0) is 19.9. The van der Waals surface area contributed by atoms with Crippen LogP contribution in [0.15, 0.2) is 30.6 Å². The summed E-state index contributed by atoms with van der Waals surface area (Å²) in [5.74, 6) is 0.793. The second kappa shape index (κ2) is 9.23. The summed E-state index contributed by atoms with van der Waals surface area (Å²) in [6.07, 6.45) is 2.76. The fourth-order valence-corrected chi connectivity index (χ4v) is 2.74. The van der Waals surface area contributed by atoms with Crippen molar-refractivity contribution in [3.8, 4) is 0 Å². The van der Waals surface area contributed by atoms with Crippen LogP contribution >= 0.6 is 11.6 Å². The molecule has 0 spiro atoms. The SMILES string of the molecule is CNc1nc(N)c2ncn(CCCCOC(=O)NCc3ccc(Cl)cc3)c2n1. The van der Waals surface area contributed by atoms with Crippen LogP contribution in [0, 0.1) is 0 Å². The number of aryl methyl sites for hydroxylation is 1. The van der Waals surface area contributed by atoms with Crippen molar-refractivity contribution in [3.05, 3.63) is 41.2 Å². The molecule has 1 aromatic carbocycles. The number of aromatic nitrogens is 4. The predicted molar refractivity (Wildman–Crippen MR) is 108 cm³/mol. The third-order valence-electron chi connectivity index (χ3n) is 4.09. The maximum atomic E-state index is 11.7. The summed E-state index contributed by atoms with van der Waals surface area (Å²) in [6.45, 7) is 1.41. The first-order valence-electron chi connectivity index (χ1n) is 8.88. The number of nitrogens with two attached hydrogens (primary N) is 1. The molecule has 0 aliphatic carbocycles. The second-order valence-electron chi connectivity index (χ2n) is 6.12. The van der Waals surface area contributed by atoms with Gasteiger partial charge in [-0.25, -0.2) is 9.78 Å². The summed E-state index contributed by atoms with van der Waals surface area (Å²) < 4.78 is 7.10. The molecule has 10 heteroatoms. The van der Waals surface area contributed by atoms with Crippen molar-refractivity contribution in [3.63, 3.8) is 0 Å². The molecule has 0 saturated carbocycles. The number of nitrogens with zero attached hydrogens (tertiary/aromatic N) is 4. The average Bonchev–Trinajstić information content (AvgIpc) is 3.10. The van der Waals surface area contributed by atoms with E-state index in [1.165, 1.54) is 0 Å². The van der Waals surface area contributed by atoms with E-state index in [-0.39, 0.29) is 0 Å². The number of hydrogen-bond donors (Lipinski definition) is 3. The molecule has 0 aliphatic heterocycles. The van der Waals surface area contributed by atoms with Crippen LogP contribution in [0.4, 0.5) is 16.6 Å². The lowest BCUT2D eigenvalue weighted by Gasteiger charge is -2.08. The molecule has 2 heterocycles. The number of amides is 1. The van der Waals surface area contributed by atoms with Crippen LogP contribution < -0.4 is 16.4 Å². The highest BCUT2D eigenvalue weighted by Gasteiger charge is 2.10. The molecule has 0 saturated heterocycles. The van der Waals surface area contributed by atoms with Crippen molar-refractivity contribution in [2.24, 2.45) is 0 Å². The van der Waals surface area contributed by atoms with Crippen LogP contribution in [0.1, 0.15) is 18.4 Å². The quantitative estimate of drug-likeness (QED) is 0.494. The number of halogens is 1. The van der Waals surface area contributed by atoms with E-state index in [1.807, 2.05) is 16.7 Å². The topological polar surface area (TPSA) is 120 Å². The number of nitrogen functional groups attached to an aromatic ring is 1. The number of alkyl carbamates (subject to hydrolysis) is 1. The van der Waals surface area contributed by atoms with Crippen LogP contribution in [0.2, 0.25) is 5.02 Å². The number of benzene rings is 1. The molecule has 0 unspecified atom stereocenters. The molecule has 0 aliphatic rings. The van der Waals surface area contributed by atoms with Gasteiger partial charge >= 0.3 is 6.09 Å². The Labute approximate surface area is 167 Å². The van der Waals surface area contributed by atoms with Gasteiger partial charge in [0.15, 0.2) is 11.5 Å². The molecule has 0 fully saturated rings. The maximum Gasteiger partial charge on any atom is 0.407 e. The second-order valence-corrected chi connectivity index (χ2v) is 6.55. The molecule has 3 aromatic rings. The number of carbonyl (C=O) groups is 1. The number of rotatable bonds is 8. The largest absolute Gasteiger partial charge is 0.450 e. The Hall–Kier alpha value is -3.07. The zero-order valence-electron chi connectivity index (χ0n) is 15.5. The highest BCUT2D eigenvalue weighted by atomic mass is 35.5. The van der Waals surface area contributed by atoms with E-state index in [1.54, 1.807) is 25.5 Å². The van der Waals surface area contributed by atoms with E-state index in [4.69, 9.17) is 22.1 Å². The number of carbonyl (C=O) groups excluding carboxylic acids is 1. The van der Waals surface area contributed by atoms with Gasteiger partial charge in [-0.1, -0.05) is 23.7 Å². The Morgan fingerprint density at radius 1 is 1.25 bits per heavy atom. The van der Waals surface area contributed by atoms with E-state index in [2.05, 4.69) is 25.6 Å². The lowest BCUT2D eigenvalue weighted by molar-refractivity contribution is 0.143. The first-order valence-corrected chi connectivity index (χ1v) is 9.26. The standard InChI is InChI=1S/C18H22ClN7O2/c1-21-17-24-15(20)14-16(25-17)26(11-23-14)8-2-3-9-28-18(27)22-10-12-4-6-13(19)7-5-12/h4-7,11H,2-3,8-10H2,1H3,(H,22,27)(H3,20,21,24,25). The minimum Gasteiger partial charge on any atom is -0.450 e. The molecule has 2 aromatic heterocycles. The van der Waals surface area contributed by atoms with Gasteiger partial charge in [-0.05, 0) is 30.5 Å². The fraction of sp³-hybridized carbons (Fsp3) is 0.333. The van der Waals surface area contributed by atoms with E-state index in [9.17, 15) is 4.79 Å². The average molecular weight is 404 g/mol. The number of hydrogen-bond acceptors (Lipinski definition) is 7. The van der Waals surface area contributed by atoms with Gasteiger partial charge in [0, 0.05) is 25.2 Å². The normalized spacial score (nSPS) is 10.8. The van der Waals surface area contributed by atoms with Gasteiger partial charge in [-0.3, -0.25) is 0 Å². The van der Waals surface area contributed by atoms with Crippen LogP contribution in [0.3, 0.4) is 0 Å². The first kappa shape index (κ1) is 19.7. The third-order valence-corrected chi connectivity index (χ3v) is 4.34. The molecular formula is C18H22ClN7O2. The van der Waals surface area contributed by atoms with E-state index in [0.29, 0.717) is 54.1 Å². The lowest BCUT2D eigenvalue weighted by Crippen LogP contribution is -2.24. The van der Waals surface area contributed by atoms with Crippen LogP contribution in [0.25, 0.3) is 11.2 Å². The van der Waals surface area contributed by atoms with Crippen molar-refractivity contribution >= 4 is 40.6 Å². The number of unbranched alkanes of at least 4 members (excludes halogenated alkanes) is 1. The van der Waals surface area contributed by atoms with Gasteiger partial charge < -0.3 is 25.7 Å². The van der Waals surface area contributed by atoms with Crippen molar-refractivity contribution in [2.45, 2.75) is 25.9 Å². The highest BCUT2D eigenvalue weighted by Crippen LogP contribution is 2.18. The number of nitrogens with one attached hydrogen (secondary N) is 2. The summed E-state index contributed by atoms with van der Waals surface area (Å²) in [6, 6.07) is 7.27. The molecule has 0 radical (unpaired) electrons. The summed E-state index contributed by atoms with van der Waals surface area (Å²) >= 11 is 5.83. The summed E-state index contributed by atoms with van der Waals surface area (Å²) in [4.78, 5) is 24.5. The molecule has 4 N–H and O–H groups in total. The molecule has 0 bridgehead atoms. The van der Waals surface area contributed by atoms with Gasteiger partial charge in [0.25, 0.3) is 0 Å². The number of imidazole rings is 1. The van der Waals surface area contributed by atoms with Crippen molar-refractivity contribution in [2.75, 3.05) is 24.7 Å². The minimum absolute atomic E-state index is 0.331. The molecular weight excluding hydrogens is 382 g/mol. The van der Waals surface area contributed by atoms with Crippen LogP contribution in [-0.2, 0) is 17.8 Å². The predicted octanol–water partition coefficient (Wildman–Crippen LogP) is 2.81. The summed E-state index contributed by atoms with van der Waals surface area (Å²) in [7, 11) is 1.73. The van der Waals surface area contributed by atoms with Crippen molar-refractivity contribution < 1.29 is 9.53 Å². The number of fused-ring (bicyclic) bond motifs is 1. The number of ether oxygens (including phenoxy) is 1. The van der Waals surface area contributed by atoms with E-state index >= 15 is 0 Å². The maximum absolute atomic E-state index is 11.7. The van der Waals surface area contributed by atoms with E-state index in [0.717, 1.165) is 12.0 Å². The lowest BCUT2D eigenvalue weighted by atomic mass is 10.2. The Balaban J connectivity index is 1.40. The van der Waals surface area contributed by atoms with E-state index < -0.39 is 6.09 Å². The Kier molecular flexibility index (Phi) is 6.49. The van der Waals surface area contributed by atoms with Gasteiger partial charge in [0.1, 0.15) is 5.52 Å². The fourth-order valence-electron chi connectivity index (χ4n) is 2.62. The monoisotopic (exact) mass is 403 g/mol. The zero-order valence-corrected chi connectivity index (χ0v) is 16.2. The van der Waals surface area contributed by atoms with Crippen molar-refractivity contribution in [1.29, 1.82) is 0 Å². The van der Waals surface area contributed by atoms with Gasteiger partial charge in [-0.2, -0.15) is 9.97 Å². The molecule has 9 nitrogen and oxygen atoms in total. The minimum atomic E-state index is -0.442. The third kappa shape index (κ3) is 5.01. The van der Waals surface area contributed by atoms with Crippen LogP contribution in [-0.4, -0.2) is 39.3 Å². The highest BCUT2D eigenvalue weighted by molar-refractivity contribution is 6.30. The molecule has 28 heavy (non-hydrogen) atoms. The Bertz CT molecular complexity index is 943.